The summed E-state index contributed by atoms with van der Waals surface area (Å²) in [5.41, 5.74) is 0. The number of aromatic nitrogens is 1. The molecule has 0 atom stereocenters. The second kappa shape index (κ2) is 7.23. The third-order valence-corrected chi connectivity index (χ3v) is 4.31. The van der Waals surface area contributed by atoms with Crippen molar-refractivity contribution in [2.45, 2.75) is 18.9 Å². The topological polar surface area (TPSA) is 43.4 Å². The molecule has 2 heterocycles. The van der Waals surface area contributed by atoms with E-state index in [4.69, 9.17) is 9.47 Å². The van der Waals surface area contributed by atoms with Crippen LogP contribution in [0.5, 0.6) is 11.5 Å². The molecule has 0 saturated carbocycles. The van der Waals surface area contributed by atoms with Gasteiger partial charge in [0.25, 0.3) is 0 Å². The smallest absolute Gasteiger partial charge is 0.140 e. The maximum atomic E-state index is 13.5. The Bertz CT molecular complexity index is 648. The van der Waals surface area contributed by atoms with Gasteiger partial charge in [0.2, 0.25) is 0 Å². The molecule has 22 heavy (non-hydrogen) atoms. The summed E-state index contributed by atoms with van der Waals surface area (Å²) in [6, 6.07) is 8.77. The summed E-state index contributed by atoms with van der Waals surface area (Å²) in [6.45, 7) is 1.55. The number of nitrogens with one attached hydrogen (secondary N) is 1. The quantitative estimate of drug-likeness (QED) is 0.762. The zero-order valence-electron chi connectivity index (χ0n) is 11.9. The zero-order valence-corrected chi connectivity index (χ0v) is 14.0. The zero-order chi connectivity index (χ0) is 15.4. The maximum Gasteiger partial charge on any atom is 0.140 e. The fraction of sp³-hybridized carbons (Fsp3) is 0.312. The molecule has 6 heteroatoms. The molecule has 1 aromatic heterocycles. The van der Waals surface area contributed by atoms with Crippen LogP contribution in [0.25, 0.3) is 0 Å². The fourth-order valence-corrected chi connectivity index (χ4v) is 2.62. The van der Waals surface area contributed by atoms with E-state index in [1.165, 1.54) is 6.07 Å². The van der Waals surface area contributed by atoms with Crippen molar-refractivity contribution in [1.29, 1.82) is 0 Å². The predicted molar refractivity (Wildman–Crippen MR) is 90.9 cm³/mol. The van der Waals surface area contributed by atoms with Crippen molar-refractivity contribution in [3.05, 3.63) is 45.9 Å². The van der Waals surface area contributed by atoms with E-state index in [1.807, 2.05) is 28.7 Å². The summed E-state index contributed by atoms with van der Waals surface area (Å²) < 4.78 is 25.2. The molecule has 0 aliphatic carbocycles. The van der Waals surface area contributed by atoms with E-state index in [0.717, 1.165) is 31.9 Å². The average Bonchev–Trinajstić information content (AvgIpc) is 2.52. The minimum Gasteiger partial charge on any atom is -0.457 e. The van der Waals surface area contributed by atoms with Crippen LogP contribution in [0.15, 0.2) is 36.5 Å². The van der Waals surface area contributed by atoms with Crippen LogP contribution >= 0.6 is 22.6 Å². The third kappa shape index (κ3) is 4.07. The van der Waals surface area contributed by atoms with Crippen LogP contribution in [0.4, 0.5) is 10.2 Å². The number of nitrogens with zero attached hydrogens (tertiary/aromatic N) is 1. The second-order valence-electron chi connectivity index (χ2n) is 5.09. The van der Waals surface area contributed by atoms with Gasteiger partial charge in [-0.25, -0.2) is 9.37 Å². The lowest BCUT2D eigenvalue weighted by molar-refractivity contribution is 0.0904. The number of rotatable bonds is 4. The largest absolute Gasteiger partial charge is 0.457 e. The van der Waals surface area contributed by atoms with Gasteiger partial charge in [0.1, 0.15) is 23.1 Å². The summed E-state index contributed by atoms with van der Waals surface area (Å²) in [5.74, 6) is 1.58. The summed E-state index contributed by atoms with van der Waals surface area (Å²) in [7, 11) is 0. The first-order valence-electron chi connectivity index (χ1n) is 7.14. The Labute approximate surface area is 142 Å². The number of anilines is 1. The van der Waals surface area contributed by atoms with Crippen LogP contribution in [-0.4, -0.2) is 24.2 Å². The van der Waals surface area contributed by atoms with Crippen molar-refractivity contribution in [3.8, 4) is 11.5 Å². The maximum absolute atomic E-state index is 13.5. The highest BCUT2D eigenvalue weighted by atomic mass is 127. The van der Waals surface area contributed by atoms with Gasteiger partial charge in [-0.1, -0.05) is 0 Å². The van der Waals surface area contributed by atoms with Crippen molar-refractivity contribution in [3.63, 3.8) is 0 Å². The predicted octanol–water partition coefficient (Wildman–Crippen LogP) is 4.21. The van der Waals surface area contributed by atoms with Crippen molar-refractivity contribution in [2.24, 2.45) is 0 Å². The highest BCUT2D eigenvalue weighted by Gasteiger charge is 2.14. The minimum absolute atomic E-state index is 0.285. The lowest BCUT2D eigenvalue weighted by Gasteiger charge is -2.23. The summed E-state index contributed by atoms with van der Waals surface area (Å²) in [6.07, 6.45) is 3.62. The molecule has 2 aromatic rings. The first-order chi connectivity index (χ1) is 10.7. The normalized spacial score (nSPS) is 15.5. The van der Waals surface area contributed by atoms with Crippen LogP contribution in [-0.2, 0) is 4.74 Å². The number of pyridine rings is 1. The van der Waals surface area contributed by atoms with Crippen molar-refractivity contribution >= 4 is 28.4 Å². The van der Waals surface area contributed by atoms with Gasteiger partial charge in [0.05, 0.1) is 0 Å². The molecule has 116 valence electrons. The SMILES string of the molecule is Fc1cc(Oc2ccnc(NC3CCOCC3)c2)ccc1I. The molecule has 0 unspecified atom stereocenters. The molecule has 1 N–H and O–H groups in total. The average molecular weight is 414 g/mol. The van der Waals surface area contributed by atoms with Gasteiger partial charge in [0, 0.05) is 41.2 Å². The van der Waals surface area contributed by atoms with E-state index in [2.05, 4.69) is 10.3 Å². The number of hydrogen-bond acceptors (Lipinski definition) is 4. The Morgan fingerprint density at radius 3 is 2.73 bits per heavy atom. The van der Waals surface area contributed by atoms with Crippen molar-refractivity contribution in [2.75, 3.05) is 18.5 Å². The number of hydrogen-bond donors (Lipinski definition) is 1. The van der Waals surface area contributed by atoms with Gasteiger partial charge in [-0.05, 0) is 53.6 Å². The lowest BCUT2D eigenvalue weighted by Crippen LogP contribution is -2.28. The summed E-state index contributed by atoms with van der Waals surface area (Å²) in [4.78, 5) is 4.30. The molecule has 1 saturated heterocycles. The van der Waals surface area contributed by atoms with Crippen LogP contribution < -0.4 is 10.1 Å². The highest BCUT2D eigenvalue weighted by Crippen LogP contribution is 2.26. The third-order valence-electron chi connectivity index (χ3n) is 3.43. The highest BCUT2D eigenvalue weighted by molar-refractivity contribution is 14.1. The molecule has 4 nitrogen and oxygen atoms in total. The van der Waals surface area contributed by atoms with Crippen LogP contribution in [0.1, 0.15) is 12.8 Å². The van der Waals surface area contributed by atoms with Crippen molar-refractivity contribution in [1.82, 2.24) is 4.98 Å². The Kier molecular flexibility index (Phi) is 5.09. The van der Waals surface area contributed by atoms with Crippen LogP contribution in [0, 0.1) is 9.39 Å². The molecule has 0 amide bonds. The van der Waals surface area contributed by atoms with Crippen LogP contribution in [0.3, 0.4) is 0 Å². The monoisotopic (exact) mass is 414 g/mol. The molecular weight excluding hydrogens is 398 g/mol. The first-order valence-corrected chi connectivity index (χ1v) is 8.22. The Morgan fingerprint density at radius 1 is 1.18 bits per heavy atom. The first kappa shape index (κ1) is 15.5. The molecule has 0 radical (unpaired) electrons. The Morgan fingerprint density at radius 2 is 1.95 bits per heavy atom. The molecular formula is C16H16FIN2O2. The lowest BCUT2D eigenvalue weighted by atomic mass is 10.1. The molecule has 1 aliphatic rings. The second-order valence-corrected chi connectivity index (χ2v) is 6.25. The standard InChI is InChI=1S/C16H16FIN2O2/c17-14-9-12(1-2-15(14)18)22-13-3-6-19-16(10-13)20-11-4-7-21-8-5-11/h1-3,6,9-11H,4-5,7-8H2,(H,19,20). The van der Waals surface area contributed by atoms with Crippen LogP contribution in [0.2, 0.25) is 0 Å². The van der Waals surface area contributed by atoms with Gasteiger partial charge in [-0.2, -0.15) is 0 Å². The van der Waals surface area contributed by atoms with E-state index < -0.39 is 0 Å². The number of ether oxygens (including phenoxy) is 2. The van der Waals surface area contributed by atoms with E-state index >= 15 is 0 Å². The van der Waals surface area contributed by atoms with Gasteiger partial charge in [-0.15, -0.1) is 0 Å². The number of benzene rings is 1. The van der Waals surface area contributed by atoms with Gasteiger partial charge in [-0.3, -0.25) is 0 Å². The molecule has 1 aromatic carbocycles. The summed E-state index contributed by atoms with van der Waals surface area (Å²) in [5, 5.41) is 3.38. The van der Waals surface area contributed by atoms with Crippen molar-refractivity contribution < 1.29 is 13.9 Å². The fourth-order valence-electron chi connectivity index (χ4n) is 2.28. The Balaban J connectivity index is 1.68. The molecule has 1 fully saturated rings. The Hall–Kier alpha value is -1.41. The molecule has 0 spiro atoms. The van der Waals surface area contributed by atoms with E-state index in [9.17, 15) is 4.39 Å². The minimum atomic E-state index is -0.285. The number of halogens is 2. The molecule has 0 bridgehead atoms. The summed E-state index contributed by atoms with van der Waals surface area (Å²) >= 11 is 1.95. The van der Waals surface area contributed by atoms with E-state index in [1.54, 1.807) is 24.4 Å². The van der Waals surface area contributed by atoms with Gasteiger partial charge >= 0.3 is 0 Å². The van der Waals surface area contributed by atoms with E-state index in [0.29, 0.717) is 21.1 Å². The van der Waals surface area contributed by atoms with Gasteiger partial charge < -0.3 is 14.8 Å². The van der Waals surface area contributed by atoms with Gasteiger partial charge in [0.15, 0.2) is 0 Å². The van der Waals surface area contributed by atoms with E-state index in [-0.39, 0.29) is 5.82 Å². The molecule has 3 rings (SSSR count). The molecule has 1 aliphatic heterocycles.